The van der Waals surface area contributed by atoms with E-state index in [9.17, 15) is 9.59 Å². The second kappa shape index (κ2) is 7.85. The van der Waals surface area contributed by atoms with E-state index in [-0.39, 0.29) is 19.6 Å². The minimum atomic E-state index is -0.907. The summed E-state index contributed by atoms with van der Waals surface area (Å²) in [7, 11) is 0. The van der Waals surface area contributed by atoms with Crippen LogP contribution < -0.4 is 5.32 Å². The molecule has 78 valence electrons. The van der Waals surface area contributed by atoms with Gasteiger partial charge >= 0.3 is 12.1 Å². The molecule has 0 saturated carbocycles. The SMILES string of the molecule is C=CCOC(=O)NC/C=C/CC(=O)O. The average Bonchev–Trinajstić information content (AvgIpc) is 2.13. The Kier molecular flexibility index (Phi) is 6.85. The fourth-order valence-corrected chi connectivity index (χ4v) is 0.595. The number of aliphatic carboxylic acids is 1. The van der Waals surface area contributed by atoms with Gasteiger partial charge in [-0.1, -0.05) is 24.8 Å². The molecular weight excluding hydrogens is 186 g/mol. The second-order valence-corrected chi connectivity index (χ2v) is 2.34. The fraction of sp³-hybridized carbons (Fsp3) is 0.333. The van der Waals surface area contributed by atoms with Gasteiger partial charge < -0.3 is 15.2 Å². The summed E-state index contributed by atoms with van der Waals surface area (Å²) in [6.45, 7) is 3.79. The number of nitrogens with one attached hydrogen (secondary N) is 1. The largest absolute Gasteiger partial charge is 0.481 e. The maximum atomic E-state index is 10.8. The zero-order valence-corrected chi connectivity index (χ0v) is 7.73. The number of carboxylic acids is 1. The van der Waals surface area contributed by atoms with Crippen molar-refractivity contribution in [1.29, 1.82) is 0 Å². The van der Waals surface area contributed by atoms with Crippen molar-refractivity contribution in [2.24, 2.45) is 0 Å². The molecule has 5 nitrogen and oxygen atoms in total. The molecule has 14 heavy (non-hydrogen) atoms. The quantitative estimate of drug-likeness (QED) is 0.624. The number of carbonyl (C=O) groups excluding carboxylic acids is 1. The van der Waals surface area contributed by atoms with Crippen molar-refractivity contribution in [3.63, 3.8) is 0 Å². The van der Waals surface area contributed by atoms with Crippen molar-refractivity contribution in [1.82, 2.24) is 5.32 Å². The van der Waals surface area contributed by atoms with Crippen molar-refractivity contribution >= 4 is 12.1 Å². The Morgan fingerprint density at radius 1 is 1.43 bits per heavy atom. The van der Waals surface area contributed by atoms with Crippen molar-refractivity contribution in [2.75, 3.05) is 13.2 Å². The Hall–Kier alpha value is -1.78. The van der Waals surface area contributed by atoms with Gasteiger partial charge in [0.25, 0.3) is 0 Å². The van der Waals surface area contributed by atoms with Crippen molar-refractivity contribution in [3.05, 3.63) is 24.8 Å². The van der Waals surface area contributed by atoms with E-state index in [2.05, 4.69) is 16.6 Å². The van der Waals surface area contributed by atoms with Crippen molar-refractivity contribution in [3.8, 4) is 0 Å². The van der Waals surface area contributed by atoms with Gasteiger partial charge in [-0.25, -0.2) is 4.79 Å². The molecule has 0 aliphatic heterocycles. The molecule has 0 aliphatic carbocycles. The molecule has 0 rings (SSSR count). The van der Waals surface area contributed by atoms with Gasteiger partial charge in [-0.3, -0.25) is 4.79 Å². The predicted octanol–water partition coefficient (Wildman–Crippen LogP) is 0.930. The molecule has 0 aromatic carbocycles. The normalized spacial score (nSPS) is 9.71. The minimum Gasteiger partial charge on any atom is -0.481 e. The van der Waals surface area contributed by atoms with Crippen LogP contribution >= 0.6 is 0 Å². The second-order valence-electron chi connectivity index (χ2n) is 2.34. The fourth-order valence-electron chi connectivity index (χ4n) is 0.595. The maximum Gasteiger partial charge on any atom is 0.407 e. The highest BCUT2D eigenvalue weighted by Gasteiger charge is 1.96. The zero-order chi connectivity index (χ0) is 10.8. The van der Waals surface area contributed by atoms with Gasteiger partial charge in [0.2, 0.25) is 0 Å². The Labute approximate surface area is 82.1 Å². The van der Waals surface area contributed by atoms with Crippen LogP contribution in [0.25, 0.3) is 0 Å². The summed E-state index contributed by atoms with van der Waals surface area (Å²) in [5, 5.41) is 10.7. The Morgan fingerprint density at radius 3 is 2.71 bits per heavy atom. The van der Waals surface area contributed by atoms with Crippen LogP contribution in [-0.2, 0) is 9.53 Å². The molecule has 0 spiro atoms. The summed E-state index contributed by atoms with van der Waals surface area (Å²) in [6.07, 6.45) is 3.85. The number of alkyl carbamates (subject to hydrolysis) is 1. The van der Waals surface area contributed by atoms with Gasteiger partial charge in [0.05, 0.1) is 6.42 Å². The summed E-state index contributed by atoms with van der Waals surface area (Å²) in [5.41, 5.74) is 0. The standard InChI is InChI=1S/C9H13NO4/c1-2-7-14-9(13)10-6-4-3-5-8(11)12/h2-4H,1,5-7H2,(H,10,13)(H,11,12)/b4-3+. The molecule has 0 saturated heterocycles. The first kappa shape index (κ1) is 12.2. The lowest BCUT2D eigenvalue weighted by Crippen LogP contribution is -2.24. The molecule has 0 aromatic rings. The molecular formula is C9H13NO4. The molecule has 5 heteroatoms. The third kappa shape index (κ3) is 8.32. The number of hydrogen-bond donors (Lipinski definition) is 2. The summed E-state index contributed by atoms with van der Waals surface area (Å²) < 4.78 is 4.60. The predicted molar refractivity (Wildman–Crippen MR) is 50.9 cm³/mol. The summed E-state index contributed by atoms with van der Waals surface area (Å²) in [4.78, 5) is 20.8. The zero-order valence-electron chi connectivity index (χ0n) is 7.73. The molecule has 0 heterocycles. The number of amides is 1. The monoisotopic (exact) mass is 199 g/mol. The van der Waals surface area contributed by atoms with E-state index in [1.54, 1.807) is 6.08 Å². The van der Waals surface area contributed by atoms with Crippen LogP contribution in [0, 0.1) is 0 Å². The molecule has 0 radical (unpaired) electrons. The van der Waals surface area contributed by atoms with Gasteiger partial charge in [-0.05, 0) is 0 Å². The van der Waals surface area contributed by atoms with Crippen LogP contribution in [0.1, 0.15) is 6.42 Å². The lowest BCUT2D eigenvalue weighted by molar-refractivity contribution is -0.136. The summed E-state index contributed by atoms with van der Waals surface area (Å²) in [5.74, 6) is -0.907. The molecule has 0 fully saturated rings. The average molecular weight is 199 g/mol. The Balaban J connectivity index is 3.43. The van der Waals surface area contributed by atoms with E-state index in [1.807, 2.05) is 0 Å². The highest BCUT2D eigenvalue weighted by molar-refractivity contribution is 5.69. The number of carboxylic acid groups (broad SMARTS) is 1. The third-order valence-corrected chi connectivity index (χ3v) is 1.16. The van der Waals surface area contributed by atoms with E-state index in [0.29, 0.717) is 0 Å². The number of carbonyl (C=O) groups is 2. The summed E-state index contributed by atoms with van der Waals surface area (Å²) >= 11 is 0. The van der Waals surface area contributed by atoms with Crippen molar-refractivity contribution < 1.29 is 19.4 Å². The topological polar surface area (TPSA) is 75.6 Å². The van der Waals surface area contributed by atoms with Crippen LogP contribution in [0.3, 0.4) is 0 Å². The van der Waals surface area contributed by atoms with E-state index >= 15 is 0 Å². The Bertz CT molecular complexity index is 235. The lowest BCUT2D eigenvalue weighted by Gasteiger charge is -2.01. The van der Waals surface area contributed by atoms with Crippen LogP contribution in [0.15, 0.2) is 24.8 Å². The van der Waals surface area contributed by atoms with Gasteiger partial charge in [0.1, 0.15) is 6.61 Å². The molecule has 0 bridgehead atoms. The first-order valence-electron chi connectivity index (χ1n) is 4.05. The number of ether oxygens (including phenoxy) is 1. The molecule has 2 N–H and O–H groups in total. The minimum absolute atomic E-state index is 0.0522. The van der Waals surface area contributed by atoms with Crippen LogP contribution in [-0.4, -0.2) is 30.3 Å². The maximum absolute atomic E-state index is 10.8. The Morgan fingerprint density at radius 2 is 2.14 bits per heavy atom. The molecule has 1 amide bonds. The van der Waals surface area contributed by atoms with Gasteiger partial charge in [-0.2, -0.15) is 0 Å². The first-order valence-corrected chi connectivity index (χ1v) is 4.05. The first-order chi connectivity index (χ1) is 6.66. The van der Waals surface area contributed by atoms with Crippen LogP contribution in [0.5, 0.6) is 0 Å². The van der Waals surface area contributed by atoms with E-state index < -0.39 is 12.1 Å². The van der Waals surface area contributed by atoms with Crippen LogP contribution in [0.4, 0.5) is 4.79 Å². The smallest absolute Gasteiger partial charge is 0.407 e. The van der Waals surface area contributed by atoms with Gasteiger partial charge in [0.15, 0.2) is 0 Å². The molecule has 0 aliphatic rings. The summed E-state index contributed by atoms with van der Waals surface area (Å²) in [6, 6.07) is 0. The molecule has 0 unspecified atom stereocenters. The number of rotatable bonds is 6. The lowest BCUT2D eigenvalue weighted by atomic mass is 10.4. The van der Waals surface area contributed by atoms with Gasteiger partial charge in [0, 0.05) is 6.54 Å². The highest BCUT2D eigenvalue weighted by atomic mass is 16.5. The molecule has 0 atom stereocenters. The number of hydrogen-bond acceptors (Lipinski definition) is 3. The van der Waals surface area contributed by atoms with Crippen LogP contribution in [0.2, 0.25) is 0 Å². The van der Waals surface area contributed by atoms with E-state index in [0.717, 1.165) is 0 Å². The van der Waals surface area contributed by atoms with Crippen molar-refractivity contribution in [2.45, 2.75) is 6.42 Å². The highest BCUT2D eigenvalue weighted by Crippen LogP contribution is 1.82. The van der Waals surface area contributed by atoms with E-state index in [4.69, 9.17) is 5.11 Å². The van der Waals surface area contributed by atoms with E-state index in [1.165, 1.54) is 12.2 Å². The third-order valence-electron chi connectivity index (χ3n) is 1.16. The van der Waals surface area contributed by atoms with Gasteiger partial charge in [-0.15, -0.1) is 0 Å². The molecule has 0 aromatic heterocycles.